The summed E-state index contributed by atoms with van der Waals surface area (Å²) in [5.74, 6) is 1.52. The van der Waals surface area contributed by atoms with E-state index in [4.69, 9.17) is 0 Å². The van der Waals surface area contributed by atoms with Crippen LogP contribution in [0.5, 0.6) is 0 Å². The smallest absolute Gasteiger partial charge is 0.305 e. The molecule has 3 aliphatic rings. The van der Waals surface area contributed by atoms with Crippen molar-refractivity contribution < 1.29 is 19.7 Å². The minimum absolute atomic E-state index is 0.138. The molecule has 3 rings (SSSR count). The largest absolute Gasteiger partial charge is 0.469 e. The monoisotopic (exact) mass is 362 g/mol. The summed E-state index contributed by atoms with van der Waals surface area (Å²) in [6.07, 6.45) is 15.7. The van der Waals surface area contributed by atoms with Crippen LogP contribution in [-0.2, 0) is 9.53 Å². The first-order valence-corrected chi connectivity index (χ1v) is 10.4. The molecule has 0 aromatic carbocycles. The molecule has 0 amide bonds. The lowest BCUT2D eigenvalue weighted by Crippen LogP contribution is -2.19. The summed E-state index contributed by atoms with van der Waals surface area (Å²) >= 11 is 0. The number of allylic oxidation sites excluding steroid dienone is 2. The number of aliphatic hydroxyl groups is 2. The Hall–Kier alpha value is -1.13. The van der Waals surface area contributed by atoms with Crippen LogP contribution in [0.2, 0.25) is 0 Å². The molecule has 3 aliphatic carbocycles. The van der Waals surface area contributed by atoms with Crippen LogP contribution in [0.1, 0.15) is 64.2 Å². The summed E-state index contributed by atoms with van der Waals surface area (Å²) in [5, 5.41) is 20.8. The van der Waals surface area contributed by atoms with E-state index in [0.717, 1.165) is 44.9 Å². The van der Waals surface area contributed by atoms with Crippen molar-refractivity contribution in [2.45, 2.75) is 76.4 Å². The molecule has 0 aromatic heterocycles. The number of aliphatic hydroxyl groups excluding tert-OH is 2. The van der Waals surface area contributed by atoms with Crippen LogP contribution >= 0.6 is 0 Å². The van der Waals surface area contributed by atoms with Crippen LogP contribution in [0.15, 0.2) is 23.8 Å². The summed E-state index contributed by atoms with van der Waals surface area (Å²) in [6.45, 7) is 0. The van der Waals surface area contributed by atoms with Crippen molar-refractivity contribution in [1.82, 2.24) is 0 Å². The third kappa shape index (κ3) is 4.77. The van der Waals surface area contributed by atoms with Gasteiger partial charge in [-0.2, -0.15) is 0 Å². The predicted molar refractivity (Wildman–Crippen MR) is 101 cm³/mol. The second-order valence-corrected chi connectivity index (χ2v) is 8.46. The minimum Gasteiger partial charge on any atom is -0.469 e. The van der Waals surface area contributed by atoms with E-state index in [1.807, 2.05) is 6.08 Å². The van der Waals surface area contributed by atoms with E-state index < -0.39 is 0 Å². The number of rotatable bonds is 7. The van der Waals surface area contributed by atoms with Gasteiger partial charge in [-0.25, -0.2) is 0 Å². The van der Waals surface area contributed by atoms with Gasteiger partial charge in [-0.3, -0.25) is 4.79 Å². The standard InChI is InChI=1S/C22H34O4/c1-26-22(25)9-5-2-6-15-12-17-14-21(24)18(19(17)13-15)10-11-20(23)16-7-3-4-8-16/h6,10-11,16-21,23-24H,2-5,7-9,12-14H2,1H3/b11-10-,15-6+/t17-,18-,19-,20+,21+/m0/s1. The number of fused-ring (bicyclic) bond motifs is 1. The van der Waals surface area contributed by atoms with Crippen LogP contribution in [0.3, 0.4) is 0 Å². The zero-order valence-corrected chi connectivity index (χ0v) is 16.0. The number of unbranched alkanes of at least 4 members (excludes halogenated alkanes) is 1. The van der Waals surface area contributed by atoms with Gasteiger partial charge in [-0.05, 0) is 62.7 Å². The van der Waals surface area contributed by atoms with E-state index in [9.17, 15) is 15.0 Å². The normalized spacial score (nSPS) is 34.7. The summed E-state index contributed by atoms with van der Waals surface area (Å²) in [6, 6.07) is 0. The number of carbonyl (C=O) groups excluding carboxylic acids is 1. The molecule has 0 unspecified atom stereocenters. The third-order valence-electron chi connectivity index (χ3n) is 6.77. The lowest BCUT2D eigenvalue weighted by Gasteiger charge is -2.19. The van der Waals surface area contributed by atoms with Crippen molar-refractivity contribution in [3.05, 3.63) is 23.8 Å². The van der Waals surface area contributed by atoms with Gasteiger partial charge >= 0.3 is 5.97 Å². The van der Waals surface area contributed by atoms with E-state index in [0.29, 0.717) is 24.2 Å². The summed E-state index contributed by atoms with van der Waals surface area (Å²) < 4.78 is 4.68. The number of hydrogen-bond acceptors (Lipinski definition) is 4. The number of ether oxygens (including phenoxy) is 1. The molecule has 4 nitrogen and oxygen atoms in total. The van der Waals surface area contributed by atoms with E-state index in [1.54, 1.807) is 0 Å². The quantitative estimate of drug-likeness (QED) is 0.411. The first-order valence-electron chi connectivity index (χ1n) is 10.4. The van der Waals surface area contributed by atoms with Crippen molar-refractivity contribution in [2.75, 3.05) is 7.11 Å². The average molecular weight is 363 g/mol. The molecule has 146 valence electrons. The molecule has 2 N–H and O–H groups in total. The van der Waals surface area contributed by atoms with Gasteiger partial charge in [0.2, 0.25) is 0 Å². The topological polar surface area (TPSA) is 66.8 Å². The maximum absolute atomic E-state index is 11.2. The Morgan fingerprint density at radius 3 is 2.81 bits per heavy atom. The lowest BCUT2D eigenvalue weighted by molar-refractivity contribution is -0.140. The molecule has 4 heteroatoms. The van der Waals surface area contributed by atoms with Crippen molar-refractivity contribution in [3.8, 4) is 0 Å². The van der Waals surface area contributed by atoms with Gasteiger partial charge in [0.05, 0.1) is 19.3 Å². The molecule has 0 saturated heterocycles. The van der Waals surface area contributed by atoms with Gasteiger partial charge in [-0.15, -0.1) is 0 Å². The van der Waals surface area contributed by atoms with Gasteiger partial charge in [0.15, 0.2) is 0 Å². The van der Waals surface area contributed by atoms with Gasteiger partial charge in [0.1, 0.15) is 0 Å². The maximum Gasteiger partial charge on any atom is 0.305 e. The highest BCUT2D eigenvalue weighted by molar-refractivity contribution is 5.69. The predicted octanol–water partition coefficient (Wildman–Crippen LogP) is 3.77. The summed E-state index contributed by atoms with van der Waals surface area (Å²) in [4.78, 5) is 11.2. The molecule has 0 aromatic rings. The van der Waals surface area contributed by atoms with E-state index >= 15 is 0 Å². The zero-order valence-electron chi connectivity index (χ0n) is 16.0. The second kappa shape index (κ2) is 9.18. The Bertz CT molecular complexity index is 532. The summed E-state index contributed by atoms with van der Waals surface area (Å²) in [5.41, 5.74) is 1.48. The molecular formula is C22H34O4. The molecule has 3 saturated carbocycles. The van der Waals surface area contributed by atoms with Gasteiger partial charge < -0.3 is 14.9 Å². The second-order valence-electron chi connectivity index (χ2n) is 8.46. The molecule has 0 bridgehead atoms. The third-order valence-corrected chi connectivity index (χ3v) is 6.77. The van der Waals surface area contributed by atoms with Crippen LogP contribution in [0, 0.1) is 23.7 Å². The first-order chi connectivity index (χ1) is 12.6. The van der Waals surface area contributed by atoms with Gasteiger partial charge in [-0.1, -0.05) is 36.6 Å². The van der Waals surface area contributed by atoms with Crippen molar-refractivity contribution in [1.29, 1.82) is 0 Å². The van der Waals surface area contributed by atoms with E-state index in [2.05, 4.69) is 16.9 Å². The number of methoxy groups -OCH3 is 1. The minimum atomic E-state index is -0.349. The fourth-order valence-electron chi connectivity index (χ4n) is 5.29. The van der Waals surface area contributed by atoms with Crippen LogP contribution < -0.4 is 0 Å². The molecule has 0 spiro atoms. The Kier molecular flexibility index (Phi) is 6.93. The fourth-order valence-corrected chi connectivity index (χ4v) is 5.29. The Morgan fingerprint density at radius 1 is 1.31 bits per heavy atom. The molecule has 0 aliphatic heterocycles. The molecule has 26 heavy (non-hydrogen) atoms. The van der Waals surface area contributed by atoms with Gasteiger partial charge in [0, 0.05) is 12.3 Å². The SMILES string of the molecule is COC(=O)CCC/C=C1\C[C@H]2C[C@@H](O)[C@@H](/C=C\[C@@H](O)C3CCCC3)[C@H]2C1. The molecule has 3 fully saturated rings. The van der Waals surface area contributed by atoms with E-state index in [1.165, 1.54) is 25.5 Å². The van der Waals surface area contributed by atoms with Crippen LogP contribution in [0.4, 0.5) is 0 Å². The number of carbonyl (C=O) groups is 1. The Balaban J connectivity index is 1.50. The van der Waals surface area contributed by atoms with E-state index in [-0.39, 0.29) is 24.1 Å². The van der Waals surface area contributed by atoms with Crippen molar-refractivity contribution in [3.63, 3.8) is 0 Å². The molecule has 5 atom stereocenters. The highest BCUT2D eigenvalue weighted by Gasteiger charge is 2.45. The Morgan fingerprint density at radius 2 is 2.08 bits per heavy atom. The molecular weight excluding hydrogens is 328 g/mol. The maximum atomic E-state index is 11.2. The Labute approximate surface area is 157 Å². The highest BCUT2D eigenvalue weighted by Crippen LogP contribution is 2.50. The average Bonchev–Trinajstić information content (AvgIpc) is 3.33. The van der Waals surface area contributed by atoms with Gasteiger partial charge in [0.25, 0.3) is 0 Å². The summed E-state index contributed by atoms with van der Waals surface area (Å²) in [7, 11) is 1.43. The highest BCUT2D eigenvalue weighted by atomic mass is 16.5. The number of hydrogen-bond donors (Lipinski definition) is 2. The fraction of sp³-hybridized carbons (Fsp3) is 0.773. The van der Waals surface area contributed by atoms with Crippen molar-refractivity contribution >= 4 is 5.97 Å². The zero-order chi connectivity index (χ0) is 18.5. The van der Waals surface area contributed by atoms with Crippen molar-refractivity contribution in [2.24, 2.45) is 23.7 Å². The first kappa shape index (κ1) is 19.6. The lowest BCUT2D eigenvalue weighted by atomic mass is 9.89. The molecule has 0 heterocycles. The van der Waals surface area contributed by atoms with Crippen LogP contribution in [-0.4, -0.2) is 35.5 Å². The molecule has 0 radical (unpaired) electrons. The number of esters is 1. The van der Waals surface area contributed by atoms with Crippen LogP contribution in [0.25, 0.3) is 0 Å².